The van der Waals surface area contributed by atoms with E-state index in [1.165, 1.54) is 26.0 Å². The summed E-state index contributed by atoms with van der Waals surface area (Å²) in [5.41, 5.74) is 1.10. The maximum atomic E-state index is 12.3. The van der Waals surface area contributed by atoms with Gasteiger partial charge < -0.3 is 19.7 Å². The number of benzene rings is 2. The van der Waals surface area contributed by atoms with E-state index >= 15 is 0 Å². The molecule has 0 atom stereocenters. The lowest BCUT2D eigenvalue weighted by Gasteiger charge is -2.21. The Morgan fingerprint density at radius 2 is 1.88 bits per heavy atom. The molecule has 7 heteroatoms. The van der Waals surface area contributed by atoms with Crippen LogP contribution in [-0.4, -0.2) is 32.6 Å². The summed E-state index contributed by atoms with van der Waals surface area (Å²) in [5.74, 6) is 0.517. The minimum absolute atomic E-state index is 0.133. The van der Waals surface area contributed by atoms with E-state index in [-0.39, 0.29) is 18.4 Å². The molecule has 0 saturated carbocycles. The van der Waals surface area contributed by atoms with Gasteiger partial charge in [0, 0.05) is 24.4 Å². The lowest BCUT2D eigenvalue weighted by atomic mass is 10.2. The number of carbonyl (C=O) groups excluding carboxylic acids is 2. The van der Waals surface area contributed by atoms with E-state index in [0.717, 1.165) is 0 Å². The number of carbonyl (C=O) groups is 2. The van der Waals surface area contributed by atoms with Gasteiger partial charge in [0.05, 0.1) is 19.2 Å². The van der Waals surface area contributed by atoms with Crippen LogP contribution in [0.15, 0.2) is 42.5 Å². The molecule has 2 aromatic rings. The Kier molecular flexibility index (Phi) is 6.25. The van der Waals surface area contributed by atoms with Gasteiger partial charge in [0.15, 0.2) is 0 Å². The highest BCUT2D eigenvalue weighted by Gasteiger charge is 2.17. The highest BCUT2D eigenvalue weighted by Crippen LogP contribution is 2.27. The third-order valence-corrected chi connectivity index (χ3v) is 3.78. The van der Waals surface area contributed by atoms with Crippen molar-refractivity contribution in [1.82, 2.24) is 0 Å². The van der Waals surface area contributed by atoms with Gasteiger partial charge in [-0.05, 0) is 30.3 Å². The summed E-state index contributed by atoms with van der Waals surface area (Å²) in [7, 11) is 3.05. The Bertz CT molecular complexity index is 779. The second-order valence-corrected chi connectivity index (χ2v) is 5.61. The first-order valence-corrected chi connectivity index (χ1v) is 7.88. The number of hydrogen-bond acceptors (Lipinski definition) is 4. The first kappa shape index (κ1) is 18.6. The van der Waals surface area contributed by atoms with Crippen LogP contribution in [0.1, 0.15) is 6.92 Å². The zero-order valence-corrected chi connectivity index (χ0v) is 15.0. The summed E-state index contributed by atoms with van der Waals surface area (Å²) in [6.45, 7) is 1.27. The molecule has 132 valence electrons. The predicted octanol–water partition coefficient (Wildman–Crippen LogP) is 3.35. The van der Waals surface area contributed by atoms with E-state index in [9.17, 15) is 9.59 Å². The molecule has 0 heterocycles. The van der Waals surface area contributed by atoms with Gasteiger partial charge in [-0.25, -0.2) is 0 Å². The topological polar surface area (TPSA) is 67.9 Å². The van der Waals surface area contributed by atoms with E-state index in [1.54, 1.807) is 42.5 Å². The van der Waals surface area contributed by atoms with E-state index in [0.29, 0.717) is 27.9 Å². The van der Waals surface area contributed by atoms with Crippen molar-refractivity contribution in [2.24, 2.45) is 0 Å². The van der Waals surface area contributed by atoms with Crippen molar-refractivity contribution in [2.75, 3.05) is 31.0 Å². The number of halogens is 1. The number of methoxy groups -OCH3 is 2. The van der Waals surface area contributed by atoms with E-state index in [4.69, 9.17) is 21.1 Å². The molecule has 0 unspecified atom stereocenters. The van der Waals surface area contributed by atoms with Crippen molar-refractivity contribution in [2.45, 2.75) is 6.92 Å². The van der Waals surface area contributed by atoms with Crippen LogP contribution in [0.4, 0.5) is 11.4 Å². The molecule has 0 aliphatic rings. The van der Waals surface area contributed by atoms with Crippen molar-refractivity contribution in [3.63, 3.8) is 0 Å². The monoisotopic (exact) mass is 362 g/mol. The molecule has 2 amide bonds. The number of hydrogen-bond donors (Lipinski definition) is 1. The molecule has 6 nitrogen and oxygen atoms in total. The third kappa shape index (κ3) is 4.87. The fourth-order valence-electron chi connectivity index (χ4n) is 2.25. The molecule has 0 aliphatic heterocycles. The first-order valence-electron chi connectivity index (χ1n) is 7.50. The summed E-state index contributed by atoms with van der Waals surface area (Å²) in [5, 5.41) is 3.10. The van der Waals surface area contributed by atoms with Crippen LogP contribution in [0.25, 0.3) is 0 Å². The Labute approximate surface area is 151 Å². The van der Waals surface area contributed by atoms with Gasteiger partial charge in [-0.3, -0.25) is 9.59 Å². The van der Waals surface area contributed by atoms with Gasteiger partial charge >= 0.3 is 0 Å². The normalized spacial score (nSPS) is 10.1. The standard InChI is InChI=1S/C18H19ClN2O4/c1-12(22)21(14-5-4-6-15(10-14)24-2)11-18(23)20-13-7-8-17(25-3)16(19)9-13/h4-10H,11H2,1-3H3,(H,20,23). The molecule has 0 spiro atoms. The predicted molar refractivity (Wildman–Crippen MR) is 97.7 cm³/mol. The van der Waals surface area contributed by atoms with Crippen LogP contribution in [-0.2, 0) is 9.59 Å². The Balaban J connectivity index is 2.12. The largest absolute Gasteiger partial charge is 0.497 e. The van der Waals surface area contributed by atoms with Crippen LogP contribution < -0.4 is 19.7 Å². The highest BCUT2D eigenvalue weighted by atomic mass is 35.5. The van der Waals surface area contributed by atoms with E-state index in [2.05, 4.69) is 5.32 Å². The smallest absolute Gasteiger partial charge is 0.244 e. The zero-order chi connectivity index (χ0) is 18.4. The Hall–Kier alpha value is -2.73. The lowest BCUT2D eigenvalue weighted by molar-refractivity contribution is -0.120. The average molecular weight is 363 g/mol. The number of anilines is 2. The maximum absolute atomic E-state index is 12.3. The first-order chi connectivity index (χ1) is 11.9. The highest BCUT2D eigenvalue weighted by molar-refractivity contribution is 6.32. The summed E-state index contributed by atoms with van der Waals surface area (Å²) in [4.78, 5) is 25.6. The van der Waals surface area contributed by atoms with E-state index in [1.807, 2.05) is 0 Å². The quantitative estimate of drug-likeness (QED) is 0.855. The number of rotatable bonds is 6. The third-order valence-electron chi connectivity index (χ3n) is 3.48. The number of amides is 2. The SMILES string of the molecule is COc1cccc(N(CC(=O)Nc2ccc(OC)c(Cl)c2)C(C)=O)c1. The van der Waals surface area contributed by atoms with Gasteiger partial charge in [-0.2, -0.15) is 0 Å². The molecule has 0 aromatic heterocycles. The molecule has 0 aliphatic carbocycles. The molecular formula is C18H19ClN2O4. The molecule has 0 fully saturated rings. The van der Waals surface area contributed by atoms with Crippen molar-refractivity contribution >= 4 is 34.8 Å². The second kappa shape index (κ2) is 8.39. The van der Waals surface area contributed by atoms with Gasteiger partial charge in [0.1, 0.15) is 18.0 Å². The molecule has 1 N–H and O–H groups in total. The Morgan fingerprint density at radius 3 is 2.48 bits per heavy atom. The van der Waals surface area contributed by atoms with Gasteiger partial charge in [0.2, 0.25) is 11.8 Å². The Morgan fingerprint density at radius 1 is 1.12 bits per heavy atom. The molecule has 0 saturated heterocycles. The fraction of sp³-hybridized carbons (Fsp3) is 0.222. The minimum Gasteiger partial charge on any atom is -0.497 e. The van der Waals surface area contributed by atoms with Crippen molar-refractivity contribution < 1.29 is 19.1 Å². The van der Waals surface area contributed by atoms with Crippen LogP contribution >= 0.6 is 11.6 Å². The molecular weight excluding hydrogens is 344 g/mol. The summed E-state index contributed by atoms with van der Waals surface area (Å²) < 4.78 is 10.2. The van der Waals surface area contributed by atoms with Gasteiger partial charge in [-0.1, -0.05) is 17.7 Å². The number of ether oxygens (including phenoxy) is 2. The number of nitrogens with one attached hydrogen (secondary N) is 1. The zero-order valence-electron chi connectivity index (χ0n) is 14.2. The van der Waals surface area contributed by atoms with Gasteiger partial charge in [0.25, 0.3) is 0 Å². The minimum atomic E-state index is -0.348. The molecule has 2 aromatic carbocycles. The van der Waals surface area contributed by atoms with E-state index < -0.39 is 0 Å². The van der Waals surface area contributed by atoms with Crippen LogP contribution in [0.3, 0.4) is 0 Å². The molecule has 25 heavy (non-hydrogen) atoms. The van der Waals surface area contributed by atoms with Crippen LogP contribution in [0, 0.1) is 0 Å². The van der Waals surface area contributed by atoms with Crippen molar-refractivity contribution in [3.8, 4) is 11.5 Å². The molecule has 0 radical (unpaired) electrons. The van der Waals surface area contributed by atoms with Crippen LogP contribution in [0.2, 0.25) is 5.02 Å². The second-order valence-electron chi connectivity index (χ2n) is 5.20. The lowest BCUT2D eigenvalue weighted by Crippen LogP contribution is -2.36. The summed E-state index contributed by atoms with van der Waals surface area (Å²) in [6.07, 6.45) is 0. The molecule has 2 rings (SSSR count). The summed E-state index contributed by atoms with van der Waals surface area (Å²) in [6, 6.07) is 11.9. The van der Waals surface area contributed by atoms with Crippen molar-refractivity contribution in [3.05, 3.63) is 47.5 Å². The summed E-state index contributed by atoms with van der Waals surface area (Å²) >= 11 is 6.04. The van der Waals surface area contributed by atoms with Crippen LogP contribution in [0.5, 0.6) is 11.5 Å². The maximum Gasteiger partial charge on any atom is 0.244 e. The average Bonchev–Trinajstić information content (AvgIpc) is 2.59. The fourth-order valence-corrected chi connectivity index (χ4v) is 2.51. The van der Waals surface area contributed by atoms with Crippen molar-refractivity contribution in [1.29, 1.82) is 0 Å². The number of nitrogens with zero attached hydrogens (tertiary/aromatic N) is 1. The molecule has 0 bridgehead atoms. The van der Waals surface area contributed by atoms with Gasteiger partial charge in [-0.15, -0.1) is 0 Å².